The van der Waals surface area contributed by atoms with Crippen LogP contribution in [0.25, 0.3) is 0 Å². The summed E-state index contributed by atoms with van der Waals surface area (Å²) in [5, 5.41) is 17.0. The number of nitrogens with zero attached hydrogens (tertiary/aromatic N) is 2. The van der Waals surface area contributed by atoms with E-state index in [4.69, 9.17) is 11.6 Å². The van der Waals surface area contributed by atoms with Crippen LogP contribution in [0.1, 0.15) is 44.9 Å². The van der Waals surface area contributed by atoms with E-state index in [9.17, 15) is 19.1 Å². The number of nitrogens with one attached hydrogen (secondary N) is 1. The van der Waals surface area contributed by atoms with Gasteiger partial charge in [0.05, 0.1) is 23.8 Å². The Kier molecular flexibility index (Phi) is 4.43. The molecule has 1 aromatic carbocycles. The molecule has 4 saturated carbocycles. The number of carboxylic acids is 1. The van der Waals surface area contributed by atoms with Gasteiger partial charge in [-0.1, -0.05) is 11.6 Å². The monoisotopic (exact) mass is 431 g/mol. The number of carbonyl (C=O) groups is 1. The van der Waals surface area contributed by atoms with Crippen LogP contribution in [-0.4, -0.2) is 20.9 Å². The molecule has 158 valence electrons. The first-order valence-corrected chi connectivity index (χ1v) is 10.7. The Hall–Kier alpha value is -2.41. The Morgan fingerprint density at radius 2 is 1.90 bits per heavy atom. The number of benzene rings is 1. The van der Waals surface area contributed by atoms with Crippen LogP contribution in [0.15, 0.2) is 35.3 Å². The van der Waals surface area contributed by atoms with Gasteiger partial charge in [-0.05, 0) is 80.0 Å². The van der Waals surface area contributed by atoms with Gasteiger partial charge in [-0.25, -0.2) is 9.07 Å². The first-order valence-electron chi connectivity index (χ1n) is 10.3. The Balaban J connectivity index is 1.50. The summed E-state index contributed by atoms with van der Waals surface area (Å²) >= 11 is 6.43. The molecule has 2 N–H and O–H groups in total. The largest absolute Gasteiger partial charge is 0.481 e. The molecular formula is C22H23ClFN3O3. The van der Waals surface area contributed by atoms with Crippen molar-refractivity contribution in [1.29, 1.82) is 0 Å². The third-order valence-electron chi connectivity index (χ3n) is 7.17. The van der Waals surface area contributed by atoms with E-state index in [1.165, 1.54) is 23.0 Å². The van der Waals surface area contributed by atoms with Crippen molar-refractivity contribution in [2.75, 3.05) is 5.32 Å². The summed E-state index contributed by atoms with van der Waals surface area (Å²) in [6.45, 7) is 0. The summed E-state index contributed by atoms with van der Waals surface area (Å²) in [4.78, 5) is 24.8. The molecule has 4 aliphatic rings. The van der Waals surface area contributed by atoms with E-state index in [2.05, 4.69) is 10.4 Å². The SMILES string of the molecule is O=C(O)CC12C[C@H]3C[C@@H](C1)CC(n1ncc(Nc4ccc(F)cc4)c(Cl)c1=O)(C3)C2. The minimum absolute atomic E-state index is 0.0392. The molecule has 0 spiro atoms. The lowest BCUT2D eigenvalue weighted by molar-refractivity contribution is -0.151. The fourth-order valence-corrected chi connectivity index (χ4v) is 6.90. The summed E-state index contributed by atoms with van der Waals surface area (Å²) in [5.74, 6) is -0.272. The number of aliphatic carboxylic acids is 1. The second kappa shape index (κ2) is 6.80. The van der Waals surface area contributed by atoms with Gasteiger partial charge in [0, 0.05) is 5.69 Å². The molecule has 4 atom stereocenters. The Bertz CT molecular complexity index is 1050. The van der Waals surface area contributed by atoms with E-state index in [1.807, 2.05) is 0 Å². The lowest BCUT2D eigenvalue weighted by atomic mass is 9.46. The number of halogens is 2. The summed E-state index contributed by atoms with van der Waals surface area (Å²) in [6.07, 6.45) is 6.99. The van der Waals surface area contributed by atoms with E-state index in [0.717, 1.165) is 32.1 Å². The Labute approximate surface area is 178 Å². The number of rotatable bonds is 5. The quantitative estimate of drug-likeness (QED) is 0.725. The van der Waals surface area contributed by atoms with E-state index in [-0.39, 0.29) is 28.2 Å². The zero-order chi connectivity index (χ0) is 21.1. The average molecular weight is 432 g/mol. The molecule has 0 aliphatic heterocycles. The van der Waals surface area contributed by atoms with Crippen molar-refractivity contribution in [3.8, 4) is 0 Å². The van der Waals surface area contributed by atoms with Gasteiger partial charge in [0.2, 0.25) is 0 Å². The number of aromatic nitrogens is 2. The second-order valence-corrected chi connectivity index (χ2v) is 9.85. The molecule has 1 heterocycles. The first kappa shape index (κ1) is 19.5. The maximum atomic E-state index is 13.2. The van der Waals surface area contributed by atoms with Gasteiger partial charge >= 0.3 is 5.97 Å². The number of hydrogen-bond donors (Lipinski definition) is 2. The number of hydrogen-bond acceptors (Lipinski definition) is 4. The summed E-state index contributed by atoms with van der Waals surface area (Å²) in [6, 6.07) is 5.77. The van der Waals surface area contributed by atoms with Gasteiger partial charge in [-0.2, -0.15) is 5.10 Å². The minimum Gasteiger partial charge on any atom is -0.481 e. The molecule has 4 fully saturated rings. The highest BCUT2D eigenvalue weighted by Gasteiger charge is 2.59. The number of anilines is 2. The van der Waals surface area contributed by atoms with Crippen LogP contribution in [0.2, 0.25) is 5.02 Å². The Morgan fingerprint density at radius 3 is 2.53 bits per heavy atom. The lowest BCUT2D eigenvalue weighted by Crippen LogP contribution is -2.59. The van der Waals surface area contributed by atoms with Crippen molar-refractivity contribution in [1.82, 2.24) is 9.78 Å². The highest BCUT2D eigenvalue weighted by atomic mass is 35.5. The molecule has 6 rings (SSSR count). The molecule has 4 aliphatic carbocycles. The van der Waals surface area contributed by atoms with Crippen LogP contribution >= 0.6 is 11.6 Å². The normalized spacial score (nSPS) is 31.7. The smallest absolute Gasteiger partial charge is 0.303 e. The molecule has 8 heteroatoms. The lowest BCUT2D eigenvalue weighted by Gasteiger charge is -2.61. The summed E-state index contributed by atoms with van der Waals surface area (Å²) in [5.41, 5.74) is -0.110. The zero-order valence-corrected chi connectivity index (χ0v) is 17.2. The topological polar surface area (TPSA) is 84.2 Å². The maximum absolute atomic E-state index is 13.2. The maximum Gasteiger partial charge on any atom is 0.303 e. The van der Waals surface area contributed by atoms with Gasteiger partial charge < -0.3 is 10.4 Å². The molecule has 6 nitrogen and oxygen atoms in total. The van der Waals surface area contributed by atoms with E-state index in [1.54, 1.807) is 12.1 Å². The van der Waals surface area contributed by atoms with Crippen LogP contribution in [-0.2, 0) is 10.3 Å². The van der Waals surface area contributed by atoms with E-state index < -0.39 is 11.5 Å². The molecule has 30 heavy (non-hydrogen) atoms. The first-order chi connectivity index (χ1) is 14.3. The summed E-state index contributed by atoms with van der Waals surface area (Å²) < 4.78 is 14.7. The molecule has 2 aromatic rings. The predicted molar refractivity (Wildman–Crippen MR) is 111 cm³/mol. The van der Waals surface area contributed by atoms with Crippen molar-refractivity contribution in [3.05, 3.63) is 51.7 Å². The number of carboxylic acid groups (broad SMARTS) is 1. The van der Waals surface area contributed by atoms with Gasteiger partial charge in [0.1, 0.15) is 10.8 Å². The van der Waals surface area contributed by atoms with Crippen molar-refractivity contribution >= 4 is 28.9 Å². The fourth-order valence-electron chi connectivity index (χ4n) is 6.72. The Morgan fingerprint density at radius 1 is 1.23 bits per heavy atom. The highest BCUT2D eigenvalue weighted by molar-refractivity contribution is 6.33. The van der Waals surface area contributed by atoms with Crippen molar-refractivity contribution in [3.63, 3.8) is 0 Å². The van der Waals surface area contributed by atoms with Crippen molar-refractivity contribution < 1.29 is 14.3 Å². The van der Waals surface area contributed by atoms with E-state index >= 15 is 0 Å². The predicted octanol–water partition coefficient (Wildman–Crippen LogP) is 4.55. The van der Waals surface area contributed by atoms with Gasteiger partial charge in [-0.15, -0.1) is 0 Å². The van der Waals surface area contributed by atoms with Crippen LogP contribution in [0, 0.1) is 23.1 Å². The minimum atomic E-state index is -0.774. The molecular weight excluding hydrogens is 409 g/mol. The molecule has 0 amide bonds. The van der Waals surface area contributed by atoms with Crippen LogP contribution < -0.4 is 10.9 Å². The highest BCUT2D eigenvalue weighted by Crippen LogP contribution is 2.65. The molecule has 2 unspecified atom stereocenters. The van der Waals surface area contributed by atoms with Gasteiger partial charge in [-0.3, -0.25) is 9.59 Å². The van der Waals surface area contributed by atoms with Crippen molar-refractivity contribution in [2.45, 2.75) is 50.5 Å². The third-order valence-corrected chi connectivity index (χ3v) is 7.53. The van der Waals surface area contributed by atoms with Crippen LogP contribution in [0.4, 0.5) is 15.8 Å². The van der Waals surface area contributed by atoms with Crippen LogP contribution in [0.3, 0.4) is 0 Å². The van der Waals surface area contributed by atoms with Crippen LogP contribution in [0.5, 0.6) is 0 Å². The average Bonchev–Trinajstić information content (AvgIpc) is 2.65. The molecule has 0 radical (unpaired) electrons. The molecule has 0 saturated heterocycles. The molecule has 1 aromatic heterocycles. The van der Waals surface area contributed by atoms with E-state index in [0.29, 0.717) is 29.6 Å². The van der Waals surface area contributed by atoms with Gasteiger partial charge in [0.25, 0.3) is 5.56 Å². The second-order valence-electron chi connectivity index (χ2n) is 9.48. The standard InChI is InChI=1S/C22H23ClFN3O3/c23-19-17(26-16-3-1-15(24)2-4-16)11-25-27(20(19)30)22-8-13-5-14(9-22)7-21(6-13,12-22)10-18(28)29/h1-4,11,13-14,26H,5-10,12H2,(H,28,29)/t13-,14+,21?,22?. The summed E-state index contributed by atoms with van der Waals surface area (Å²) in [7, 11) is 0. The van der Waals surface area contributed by atoms with Gasteiger partial charge in [0.15, 0.2) is 0 Å². The zero-order valence-electron chi connectivity index (χ0n) is 16.4. The fraction of sp³-hybridized carbons (Fsp3) is 0.500. The molecule has 4 bridgehead atoms. The third kappa shape index (κ3) is 3.20. The van der Waals surface area contributed by atoms with Crippen molar-refractivity contribution in [2.24, 2.45) is 17.3 Å².